The molecule has 2 aliphatic rings. The van der Waals surface area contributed by atoms with Crippen molar-refractivity contribution in [1.29, 1.82) is 0 Å². The third-order valence-electron chi connectivity index (χ3n) is 5.27. The van der Waals surface area contributed by atoms with Gasteiger partial charge < -0.3 is 15.7 Å². The van der Waals surface area contributed by atoms with Gasteiger partial charge in [-0.15, -0.1) is 0 Å². The lowest BCUT2D eigenvalue weighted by Crippen LogP contribution is -2.41. The number of rotatable bonds is 6. The standard InChI is InChI=1S/C20H28N2O3/c23-13-16-4-2-1-3-5-18(16)22-19(24)12-14-6-10-17(11-7-14)21-20(25)15-8-9-15/h6-7,10-11,15-16,18,23H,1-5,8-9,12-13H2,(H,21,25)(H,22,24). The van der Waals surface area contributed by atoms with Crippen LogP contribution in [-0.2, 0) is 16.0 Å². The highest BCUT2D eigenvalue weighted by atomic mass is 16.3. The number of nitrogens with one attached hydrogen (secondary N) is 2. The summed E-state index contributed by atoms with van der Waals surface area (Å²) >= 11 is 0. The molecule has 0 aromatic heterocycles. The van der Waals surface area contributed by atoms with E-state index in [2.05, 4.69) is 10.6 Å². The van der Waals surface area contributed by atoms with Crippen LogP contribution in [0.2, 0.25) is 0 Å². The van der Waals surface area contributed by atoms with Gasteiger partial charge in [0.25, 0.3) is 0 Å². The Bertz CT molecular complexity index is 595. The third-order valence-corrected chi connectivity index (χ3v) is 5.27. The molecule has 0 spiro atoms. The van der Waals surface area contributed by atoms with E-state index in [1.54, 1.807) is 0 Å². The van der Waals surface area contributed by atoms with E-state index in [0.29, 0.717) is 6.42 Å². The largest absolute Gasteiger partial charge is 0.396 e. The minimum absolute atomic E-state index is 0.000107. The van der Waals surface area contributed by atoms with E-state index in [-0.39, 0.29) is 36.3 Å². The number of hydrogen-bond donors (Lipinski definition) is 3. The molecule has 0 aliphatic heterocycles. The SMILES string of the molecule is O=C(Cc1ccc(NC(=O)C2CC2)cc1)NC1CCCCCC1CO. The van der Waals surface area contributed by atoms with Crippen molar-refractivity contribution in [3.63, 3.8) is 0 Å². The molecule has 25 heavy (non-hydrogen) atoms. The summed E-state index contributed by atoms with van der Waals surface area (Å²) in [4.78, 5) is 24.1. The summed E-state index contributed by atoms with van der Waals surface area (Å²) in [6.07, 6.45) is 7.64. The molecule has 136 valence electrons. The van der Waals surface area contributed by atoms with Crippen molar-refractivity contribution in [1.82, 2.24) is 5.32 Å². The first-order chi connectivity index (χ1) is 12.2. The average Bonchev–Trinajstić information content (AvgIpc) is 3.44. The second-order valence-electron chi connectivity index (χ2n) is 7.39. The van der Waals surface area contributed by atoms with Gasteiger partial charge in [0, 0.05) is 30.2 Å². The summed E-state index contributed by atoms with van der Waals surface area (Å²) in [5, 5.41) is 15.6. The average molecular weight is 344 g/mol. The minimum Gasteiger partial charge on any atom is -0.396 e. The van der Waals surface area contributed by atoms with Gasteiger partial charge in [-0.25, -0.2) is 0 Å². The zero-order chi connectivity index (χ0) is 17.6. The second kappa shape index (κ2) is 8.48. The summed E-state index contributed by atoms with van der Waals surface area (Å²) in [7, 11) is 0. The second-order valence-corrected chi connectivity index (χ2v) is 7.39. The highest BCUT2D eigenvalue weighted by molar-refractivity contribution is 5.94. The molecule has 1 aromatic carbocycles. The highest BCUT2D eigenvalue weighted by Gasteiger charge is 2.29. The minimum atomic E-state index is 0.000107. The number of aliphatic hydroxyl groups excluding tert-OH is 1. The van der Waals surface area contributed by atoms with Crippen LogP contribution in [0.5, 0.6) is 0 Å². The molecule has 2 unspecified atom stereocenters. The topological polar surface area (TPSA) is 78.4 Å². The first-order valence-corrected chi connectivity index (χ1v) is 9.45. The number of anilines is 1. The Hall–Kier alpha value is -1.88. The lowest BCUT2D eigenvalue weighted by atomic mass is 9.95. The van der Waals surface area contributed by atoms with Crippen LogP contribution in [0.1, 0.15) is 50.5 Å². The lowest BCUT2D eigenvalue weighted by molar-refractivity contribution is -0.121. The van der Waals surface area contributed by atoms with E-state index in [0.717, 1.165) is 49.8 Å². The number of aliphatic hydroxyl groups is 1. The van der Waals surface area contributed by atoms with Crippen LogP contribution in [-0.4, -0.2) is 29.6 Å². The maximum atomic E-state index is 12.4. The molecular formula is C20H28N2O3. The Morgan fingerprint density at radius 2 is 1.72 bits per heavy atom. The van der Waals surface area contributed by atoms with E-state index in [4.69, 9.17) is 0 Å². The van der Waals surface area contributed by atoms with Gasteiger partial charge in [0.15, 0.2) is 0 Å². The van der Waals surface area contributed by atoms with Crippen LogP contribution in [0.3, 0.4) is 0 Å². The summed E-state index contributed by atoms with van der Waals surface area (Å²) in [6.45, 7) is 0.139. The first kappa shape index (κ1) is 17.9. The Kier molecular flexibility index (Phi) is 6.08. The Morgan fingerprint density at radius 1 is 1.00 bits per heavy atom. The van der Waals surface area contributed by atoms with E-state index < -0.39 is 0 Å². The third kappa shape index (κ3) is 5.30. The van der Waals surface area contributed by atoms with E-state index in [1.807, 2.05) is 24.3 Å². The molecule has 2 saturated carbocycles. The zero-order valence-corrected chi connectivity index (χ0v) is 14.7. The van der Waals surface area contributed by atoms with Crippen LogP contribution in [0.4, 0.5) is 5.69 Å². The Labute approximate surface area is 149 Å². The molecule has 0 bridgehead atoms. The van der Waals surface area contributed by atoms with Crippen LogP contribution in [0.25, 0.3) is 0 Å². The molecule has 3 N–H and O–H groups in total. The van der Waals surface area contributed by atoms with Gasteiger partial charge in [0.05, 0.1) is 6.42 Å². The predicted octanol–water partition coefficient (Wildman–Crippen LogP) is 2.64. The fourth-order valence-electron chi connectivity index (χ4n) is 3.53. The zero-order valence-electron chi connectivity index (χ0n) is 14.7. The fourth-order valence-corrected chi connectivity index (χ4v) is 3.53. The molecule has 0 radical (unpaired) electrons. The highest BCUT2D eigenvalue weighted by Crippen LogP contribution is 2.30. The molecule has 1 aromatic rings. The number of amides is 2. The molecule has 5 heteroatoms. The summed E-state index contributed by atoms with van der Waals surface area (Å²) in [5.41, 5.74) is 1.71. The number of carbonyl (C=O) groups is 2. The van der Waals surface area contributed by atoms with Gasteiger partial charge in [-0.05, 0) is 43.4 Å². The summed E-state index contributed by atoms with van der Waals surface area (Å²) in [5.74, 6) is 0.449. The van der Waals surface area contributed by atoms with Crippen molar-refractivity contribution in [2.45, 2.75) is 57.4 Å². The summed E-state index contributed by atoms with van der Waals surface area (Å²) in [6, 6.07) is 7.56. The van der Waals surface area contributed by atoms with Crippen molar-refractivity contribution in [3.8, 4) is 0 Å². The van der Waals surface area contributed by atoms with Gasteiger partial charge in [-0.1, -0.05) is 31.4 Å². The van der Waals surface area contributed by atoms with Crippen LogP contribution < -0.4 is 10.6 Å². The Balaban J connectivity index is 1.50. The smallest absolute Gasteiger partial charge is 0.227 e. The van der Waals surface area contributed by atoms with E-state index >= 15 is 0 Å². The van der Waals surface area contributed by atoms with E-state index in [1.165, 1.54) is 6.42 Å². The number of benzene rings is 1. The van der Waals surface area contributed by atoms with Crippen LogP contribution in [0.15, 0.2) is 24.3 Å². The molecule has 0 heterocycles. The van der Waals surface area contributed by atoms with Gasteiger partial charge in [0.1, 0.15) is 0 Å². The summed E-state index contributed by atoms with van der Waals surface area (Å²) < 4.78 is 0. The van der Waals surface area contributed by atoms with Crippen LogP contribution in [0, 0.1) is 11.8 Å². The molecule has 5 nitrogen and oxygen atoms in total. The van der Waals surface area contributed by atoms with E-state index in [9.17, 15) is 14.7 Å². The molecule has 2 amide bonds. The molecule has 3 rings (SSSR count). The molecule has 2 fully saturated rings. The van der Waals surface area contributed by atoms with Crippen molar-refractivity contribution in [2.75, 3.05) is 11.9 Å². The van der Waals surface area contributed by atoms with Gasteiger partial charge >= 0.3 is 0 Å². The molecular weight excluding hydrogens is 316 g/mol. The fraction of sp³-hybridized carbons (Fsp3) is 0.600. The number of carbonyl (C=O) groups excluding carboxylic acids is 2. The normalized spacial score (nSPS) is 23.6. The van der Waals surface area contributed by atoms with Crippen molar-refractivity contribution in [2.24, 2.45) is 11.8 Å². The van der Waals surface area contributed by atoms with Crippen molar-refractivity contribution in [3.05, 3.63) is 29.8 Å². The van der Waals surface area contributed by atoms with Crippen molar-refractivity contribution < 1.29 is 14.7 Å². The van der Waals surface area contributed by atoms with Crippen LogP contribution >= 0.6 is 0 Å². The maximum Gasteiger partial charge on any atom is 0.227 e. The van der Waals surface area contributed by atoms with Gasteiger partial charge in [-0.3, -0.25) is 9.59 Å². The first-order valence-electron chi connectivity index (χ1n) is 9.45. The molecule has 0 saturated heterocycles. The van der Waals surface area contributed by atoms with Crippen molar-refractivity contribution >= 4 is 17.5 Å². The number of hydrogen-bond acceptors (Lipinski definition) is 3. The molecule has 2 aliphatic carbocycles. The monoisotopic (exact) mass is 344 g/mol. The Morgan fingerprint density at radius 3 is 2.40 bits per heavy atom. The predicted molar refractivity (Wildman–Crippen MR) is 97.1 cm³/mol. The van der Waals surface area contributed by atoms with Gasteiger partial charge in [0.2, 0.25) is 11.8 Å². The maximum absolute atomic E-state index is 12.4. The van der Waals surface area contributed by atoms with Gasteiger partial charge in [-0.2, -0.15) is 0 Å². The quantitative estimate of drug-likeness (QED) is 0.694. The lowest BCUT2D eigenvalue weighted by Gasteiger charge is -2.24. The molecule has 2 atom stereocenters.